The van der Waals surface area contributed by atoms with Crippen molar-refractivity contribution >= 4 is 27.8 Å². The van der Waals surface area contributed by atoms with Crippen molar-refractivity contribution in [2.24, 2.45) is 5.92 Å². The average molecular weight is 419 g/mol. The molecular formula is C22H22FN7O. The van der Waals surface area contributed by atoms with Crippen molar-refractivity contribution < 1.29 is 9.13 Å². The van der Waals surface area contributed by atoms with E-state index in [1.165, 1.54) is 6.07 Å². The minimum absolute atomic E-state index is 0.219. The van der Waals surface area contributed by atoms with Crippen molar-refractivity contribution in [1.82, 2.24) is 30.2 Å². The second-order valence-corrected chi connectivity index (χ2v) is 8.31. The first-order chi connectivity index (χ1) is 15.1. The SMILES string of the molecule is Cc1ncc(Oc2nc(N3CC4CNCCC43)c3c(n2)[nH]c2ccc(F)c(C)c23)cn1. The summed E-state index contributed by atoms with van der Waals surface area (Å²) < 4.78 is 20.3. The van der Waals surface area contributed by atoms with E-state index >= 15 is 0 Å². The second-order valence-electron chi connectivity index (χ2n) is 8.31. The van der Waals surface area contributed by atoms with E-state index in [-0.39, 0.29) is 11.8 Å². The highest BCUT2D eigenvalue weighted by atomic mass is 19.1. The monoisotopic (exact) mass is 419 g/mol. The summed E-state index contributed by atoms with van der Waals surface area (Å²) in [5.74, 6) is 2.28. The maximum absolute atomic E-state index is 14.4. The highest BCUT2D eigenvalue weighted by Gasteiger charge is 2.42. The van der Waals surface area contributed by atoms with E-state index in [2.05, 4.69) is 30.2 Å². The van der Waals surface area contributed by atoms with Gasteiger partial charge in [-0.2, -0.15) is 9.97 Å². The lowest BCUT2D eigenvalue weighted by Gasteiger charge is -2.51. The molecule has 5 heterocycles. The number of piperidine rings is 1. The first-order valence-electron chi connectivity index (χ1n) is 10.5. The molecule has 0 radical (unpaired) electrons. The first kappa shape index (κ1) is 18.4. The van der Waals surface area contributed by atoms with Crippen molar-refractivity contribution in [3.05, 3.63) is 41.7 Å². The Kier molecular flexibility index (Phi) is 4.07. The fraction of sp³-hybridized carbons (Fsp3) is 0.364. The lowest BCUT2D eigenvalue weighted by Crippen LogP contribution is -2.63. The fourth-order valence-electron chi connectivity index (χ4n) is 4.78. The number of nitrogens with zero attached hydrogens (tertiary/aromatic N) is 5. The maximum Gasteiger partial charge on any atom is 0.326 e. The van der Waals surface area contributed by atoms with Crippen LogP contribution in [-0.2, 0) is 0 Å². The van der Waals surface area contributed by atoms with Gasteiger partial charge in [-0.3, -0.25) is 0 Å². The van der Waals surface area contributed by atoms with E-state index < -0.39 is 0 Å². The molecule has 0 spiro atoms. The lowest BCUT2D eigenvalue weighted by atomic mass is 9.83. The smallest absolute Gasteiger partial charge is 0.326 e. The van der Waals surface area contributed by atoms with Gasteiger partial charge in [-0.15, -0.1) is 0 Å². The number of aromatic amines is 1. The average Bonchev–Trinajstić information content (AvgIpc) is 3.12. The van der Waals surface area contributed by atoms with E-state index in [0.717, 1.165) is 48.2 Å². The van der Waals surface area contributed by atoms with Crippen molar-refractivity contribution in [1.29, 1.82) is 0 Å². The Labute approximate surface area is 177 Å². The fourth-order valence-corrected chi connectivity index (χ4v) is 4.78. The van der Waals surface area contributed by atoms with Crippen molar-refractivity contribution in [2.75, 3.05) is 24.5 Å². The predicted octanol–water partition coefficient (Wildman–Crippen LogP) is 3.25. The number of halogens is 1. The molecular weight excluding hydrogens is 397 g/mol. The summed E-state index contributed by atoms with van der Waals surface area (Å²) in [6.07, 6.45) is 4.26. The Morgan fingerprint density at radius 2 is 1.97 bits per heavy atom. The zero-order valence-corrected chi connectivity index (χ0v) is 17.3. The largest absolute Gasteiger partial charge is 0.421 e. The molecule has 6 rings (SSSR count). The zero-order valence-electron chi connectivity index (χ0n) is 17.3. The van der Waals surface area contributed by atoms with Gasteiger partial charge in [0.25, 0.3) is 0 Å². The molecule has 9 heteroatoms. The molecule has 3 aromatic heterocycles. The van der Waals surface area contributed by atoms with Crippen molar-refractivity contribution in [3.63, 3.8) is 0 Å². The van der Waals surface area contributed by atoms with Crippen LogP contribution in [0.3, 0.4) is 0 Å². The van der Waals surface area contributed by atoms with Gasteiger partial charge in [-0.25, -0.2) is 14.4 Å². The molecule has 158 valence electrons. The quantitative estimate of drug-likeness (QED) is 0.527. The zero-order chi connectivity index (χ0) is 21.1. The highest BCUT2D eigenvalue weighted by molar-refractivity contribution is 6.13. The number of rotatable bonds is 3. The summed E-state index contributed by atoms with van der Waals surface area (Å²) in [4.78, 5) is 23.4. The van der Waals surface area contributed by atoms with E-state index in [9.17, 15) is 4.39 Å². The summed E-state index contributed by atoms with van der Waals surface area (Å²) in [5, 5.41) is 5.13. The van der Waals surface area contributed by atoms with Crippen LogP contribution in [0.5, 0.6) is 11.8 Å². The van der Waals surface area contributed by atoms with Gasteiger partial charge in [0.05, 0.1) is 17.8 Å². The summed E-state index contributed by atoms with van der Waals surface area (Å²) in [7, 11) is 0. The van der Waals surface area contributed by atoms with Gasteiger partial charge < -0.3 is 19.9 Å². The van der Waals surface area contributed by atoms with E-state index in [0.29, 0.717) is 34.7 Å². The number of ether oxygens (including phenoxy) is 1. The van der Waals surface area contributed by atoms with E-state index in [4.69, 9.17) is 9.72 Å². The minimum atomic E-state index is -0.236. The summed E-state index contributed by atoms with van der Waals surface area (Å²) in [5.41, 5.74) is 2.06. The molecule has 0 amide bonds. The van der Waals surface area contributed by atoms with E-state index in [1.807, 2.05) is 6.92 Å². The molecule has 0 aliphatic carbocycles. The molecule has 2 unspecified atom stereocenters. The van der Waals surface area contributed by atoms with Gasteiger partial charge in [-0.05, 0) is 44.5 Å². The van der Waals surface area contributed by atoms with Crippen LogP contribution in [0.25, 0.3) is 21.9 Å². The highest BCUT2D eigenvalue weighted by Crippen LogP contribution is 2.41. The Morgan fingerprint density at radius 1 is 1.13 bits per heavy atom. The number of H-pyrrole nitrogens is 1. The van der Waals surface area contributed by atoms with Gasteiger partial charge >= 0.3 is 6.01 Å². The number of anilines is 1. The van der Waals surface area contributed by atoms with Crippen LogP contribution in [0.1, 0.15) is 17.8 Å². The molecule has 4 aromatic rings. The number of hydrogen-bond acceptors (Lipinski definition) is 7. The van der Waals surface area contributed by atoms with Gasteiger partial charge in [0.15, 0.2) is 5.75 Å². The molecule has 31 heavy (non-hydrogen) atoms. The Morgan fingerprint density at radius 3 is 2.77 bits per heavy atom. The van der Waals surface area contributed by atoms with Crippen LogP contribution >= 0.6 is 0 Å². The van der Waals surface area contributed by atoms with Crippen LogP contribution in [0, 0.1) is 25.6 Å². The summed E-state index contributed by atoms with van der Waals surface area (Å²) in [6.45, 7) is 6.51. The van der Waals surface area contributed by atoms with Gasteiger partial charge in [0.2, 0.25) is 0 Å². The van der Waals surface area contributed by atoms with Crippen LogP contribution in [0.2, 0.25) is 0 Å². The number of nitrogens with one attached hydrogen (secondary N) is 2. The number of benzene rings is 1. The Balaban J connectivity index is 1.53. The number of aryl methyl sites for hydroxylation is 2. The molecule has 0 bridgehead atoms. The van der Waals surface area contributed by atoms with Crippen LogP contribution in [-0.4, -0.2) is 50.6 Å². The minimum Gasteiger partial charge on any atom is -0.421 e. The van der Waals surface area contributed by atoms with Gasteiger partial charge in [0.1, 0.15) is 23.1 Å². The topological polar surface area (TPSA) is 91.9 Å². The molecule has 2 saturated heterocycles. The number of fused-ring (bicyclic) bond motifs is 4. The van der Waals surface area contributed by atoms with E-state index in [1.54, 1.807) is 25.4 Å². The number of aromatic nitrogens is 5. The summed E-state index contributed by atoms with van der Waals surface area (Å²) in [6, 6.07) is 3.86. The third-order valence-electron chi connectivity index (χ3n) is 6.41. The second kappa shape index (κ2) is 6.84. The van der Waals surface area contributed by atoms with Crippen LogP contribution in [0.4, 0.5) is 10.2 Å². The first-order valence-corrected chi connectivity index (χ1v) is 10.5. The molecule has 2 N–H and O–H groups in total. The maximum atomic E-state index is 14.4. The molecule has 0 saturated carbocycles. The lowest BCUT2D eigenvalue weighted by molar-refractivity contribution is 0.229. The van der Waals surface area contributed by atoms with Crippen molar-refractivity contribution in [3.8, 4) is 11.8 Å². The van der Waals surface area contributed by atoms with Crippen molar-refractivity contribution in [2.45, 2.75) is 26.3 Å². The third kappa shape index (κ3) is 2.91. The molecule has 2 fully saturated rings. The van der Waals surface area contributed by atoms with Gasteiger partial charge in [-0.1, -0.05) is 0 Å². The Hall–Kier alpha value is -3.33. The Bertz CT molecular complexity index is 1300. The third-order valence-corrected chi connectivity index (χ3v) is 6.41. The molecule has 2 aliphatic rings. The molecule has 8 nitrogen and oxygen atoms in total. The molecule has 2 aliphatic heterocycles. The predicted molar refractivity (Wildman–Crippen MR) is 115 cm³/mol. The summed E-state index contributed by atoms with van der Waals surface area (Å²) >= 11 is 0. The number of hydrogen-bond donors (Lipinski definition) is 2. The molecule has 2 atom stereocenters. The van der Waals surface area contributed by atoms with Crippen LogP contribution < -0.4 is 15.0 Å². The van der Waals surface area contributed by atoms with Crippen LogP contribution in [0.15, 0.2) is 24.5 Å². The normalized spacial score (nSPS) is 20.7. The van der Waals surface area contributed by atoms with Gasteiger partial charge in [0, 0.05) is 36.0 Å². The molecule has 1 aromatic carbocycles. The standard InChI is InChI=1S/C22H22FN7O/c1-11-15(23)3-4-16-18(11)19-20(27-16)28-22(31-14-8-25-12(2)26-9-14)29-21(19)30-10-13-7-24-6-5-17(13)30/h3-4,8-9,13,17,24H,5-7,10H2,1-2H3,(H,27,28,29).